The largest absolute Gasteiger partial charge is 0.352 e. The predicted molar refractivity (Wildman–Crippen MR) is 77.7 cm³/mol. The Morgan fingerprint density at radius 3 is 2.21 bits per heavy atom. The maximum absolute atomic E-state index is 12.0. The van der Waals surface area contributed by atoms with E-state index in [-0.39, 0.29) is 17.9 Å². The molecular weight excluding hydrogens is 242 g/mol. The molecule has 0 fully saturated rings. The molecule has 19 heavy (non-hydrogen) atoms. The van der Waals surface area contributed by atoms with Crippen LogP contribution in [-0.2, 0) is 9.59 Å². The van der Waals surface area contributed by atoms with Crippen molar-refractivity contribution in [2.45, 2.75) is 58.9 Å². The molecule has 0 saturated carbocycles. The summed E-state index contributed by atoms with van der Waals surface area (Å²) in [6, 6.07) is -0.000109. The first-order valence-corrected chi connectivity index (χ1v) is 7.32. The van der Waals surface area contributed by atoms with Crippen LogP contribution in [0.5, 0.6) is 0 Å². The summed E-state index contributed by atoms with van der Waals surface area (Å²) in [6.07, 6.45) is 3.39. The van der Waals surface area contributed by atoms with Crippen LogP contribution >= 0.6 is 0 Å². The van der Waals surface area contributed by atoms with Crippen molar-refractivity contribution < 1.29 is 9.59 Å². The van der Waals surface area contributed by atoms with E-state index in [1.807, 2.05) is 11.8 Å². The zero-order valence-electron chi connectivity index (χ0n) is 12.6. The normalized spacial score (nSPS) is 12.0. The summed E-state index contributed by atoms with van der Waals surface area (Å²) in [7, 11) is 0. The SMILES string of the molecule is CCCN(CCC)C(=O)CCCC(=O)N[C@@H](C)CN. The van der Waals surface area contributed by atoms with Crippen molar-refractivity contribution in [1.82, 2.24) is 10.2 Å². The highest BCUT2D eigenvalue weighted by Crippen LogP contribution is 2.03. The van der Waals surface area contributed by atoms with Gasteiger partial charge < -0.3 is 16.0 Å². The first-order valence-electron chi connectivity index (χ1n) is 7.32. The zero-order chi connectivity index (χ0) is 14.7. The topological polar surface area (TPSA) is 75.4 Å². The second-order valence-corrected chi connectivity index (χ2v) is 4.94. The van der Waals surface area contributed by atoms with E-state index >= 15 is 0 Å². The molecular formula is C14H29N3O2. The highest BCUT2D eigenvalue weighted by atomic mass is 16.2. The van der Waals surface area contributed by atoms with Gasteiger partial charge in [0.15, 0.2) is 0 Å². The van der Waals surface area contributed by atoms with E-state index in [0.29, 0.717) is 25.8 Å². The molecule has 0 aromatic rings. The molecule has 0 aliphatic heterocycles. The van der Waals surface area contributed by atoms with E-state index in [9.17, 15) is 9.59 Å². The third-order valence-corrected chi connectivity index (χ3v) is 2.90. The van der Waals surface area contributed by atoms with Gasteiger partial charge in [-0.15, -0.1) is 0 Å². The molecule has 5 nitrogen and oxygen atoms in total. The molecule has 2 amide bonds. The van der Waals surface area contributed by atoms with Gasteiger partial charge in [0.05, 0.1) is 0 Å². The number of nitrogens with one attached hydrogen (secondary N) is 1. The molecule has 0 saturated heterocycles. The summed E-state index contributed by atoms with van der Waals surface area (Å²) < 4.78 is 0. The molecule has 112 valence electrons. The molecule has 0 heterocycles. The van der Waals surface area contributed by atoms with Crippen molar-refractivity contribution in [3.63, 3.8) is 0 Å². The van der Waals surface area contributed by atoms with Gasteiger partial charge in [0.2, 0.25) is 11.8 Å². The lowest BCUT2D eigenvalue weighted by Gasteiger charge is -2.21. The van der Waals surface area contributed by atoms with Crippen molar-refractivity contribution >= 4 is 11.8 Å². The zero-order valence-corrected chi connectivity index (χ0v) is 12.6. The highest BCUT2D eigenvalue weighted by molar-refractivity contribution is 5.79. The molecule has 0 aliphatic carbocycles. The Balaban J connectivity index is 3.91. The van der Waals surface area contributed by atoms with Gasteiger partial charge in [-0.1, -0.05) is 13.8 Å². The minimum Gasteiger partial charge on any atom is -0.352 e. The molecule has 0 radical (unpaired) electrons. The van der Waals surface area contributed by atoms with E-state index in [2.05, 4.69) is 19.2 Å². The number of rotatable bonds is 10. The molecule has 5 heteroatoms. The number of carbonyl (C=O) groups excluding carboxylic acids is 2. The number of nitrogens with zero attached hydrogens (tertiary/aromatic N) is 1. The van der Waals surface area contributed by atoms with Crippen LogP contribution in [0.15, 0.2) is 0 Å². The molecule has 0 aromatic carbocycles. The Bertz CT molecular complexity index is 263. The Morgan fingerprint density at radius 1 is 1.16 bits per heavy atom. The van der Waals surface area contributed by atoms with E-state index in [1.54, 1.807) is 0 Å². The van der Waals surface area contributed by atoms with Crippen LogP contribution in [0.3, 0.4) is 0 Å². The summed E-state index contributed by atoms with van der Waals surface area (Å²) in [5, 5.41) is 2.79. The van der Waals surface area contributed by atoms with Gasteiger partial charge in [-0.2, -0.15) is 0 Å². The summed E-state index contributed by atoms with van der Waals surface area (Å²) in [4.78, 5) is 25.4. The summed E-state index contributed by atoms with van der Waals surface area (Å²) >= 11 is 0. The van der Waals surface area contributed by atoms with Crippen LogP contribution in [0.1, 0.15) is 52.9 Å². The fourth-order valence-electron chi connectivity index (χ4n) is 1.87. The minimum absolute atomic E-state index is 0.000109. The molecule has 0 aromatic heterocycles. The lowest BCUT2D eigenvalue weighted by molar-refractivity contribution is -0.131. The van der Waals surface area contributed by atoms with Crippen LogP contribution in [-0.4, -0.2) is 42.4 Å². The fraction of sp³-hybridized carbons (Fsp3) is 0.857. The fourth-order valence-corrected chi connectivity index (χ4v) is 1.87. The summed E-state index contributed by atoms with van der Waals surface area (Å²) in [6.45, 7) is 8.06. The minimum atomic E-state index is -0.0247. The van der Waals surface area contributed by atoms with Gasteiger partial charge in [-0.3, -0.25) is 9.59 Å². The summed E-state index contributed by atoms with van der Waals surface area (Å²) in [5.74, 6) is 0.131. The highest BCUT2D eigenvalue weighted by Gasteiger charge is 2.12. The van der Waals surface area contributed by atoms with Crippen LogP contribution in [0, 0.1) is 0 Å². The van der Waals surface area contributed by atoms with E-state index in [1.165, 1.54) is 0 Å². The summed E-state index contributed by atoms with van der Waals surface area (Å²) in [5.41, 5.74) is 5.43. The van der Waals surface area contributed by atoms with E-state index < -0.39 is 0 Å². The van der Waals surface area contributed by atoms with E-state index in [4.69, 9.17) is 5.73 Å². The standard InChI is InChI=1S/C14H29N3O2/c1-4-9-17(10-5-2)14(19)8-6-7-13(18)16-12(3)11-15/h12H,4-11,15H2,1-3H3,(H,16,18)/t12-/m0/s1. The molecule has 0 spiro atoms. The average molecular weight is 271 g/mol. The Labute approximate surface area is 116 Å². The van der Waals surface area contributed by atoms with Gasteiger partial charge in [0.1, 0.15) is 0 Å². The van der Waals surface area contributed by atoms with Crippen LogP contribution in [0.2, 0.25) is 0 Å². The third kappa shape index (κ3) is 8.59. The van der Waals surface area contributed by atoms with Gasteiger partial charge in [-0.25, -0.2) is 0 Å². The molecule has 3 N–H and O–H groups in total. The first kappa shape index (κ1) is 17.9. The van der Waals surface area contributed by atoms with Crippen molar-refractivity contribution in [2.75, 3.05) is 19.6 Å². The van der Waals surface area contributed by atoms with Gasteiger partial charge in [0.25, 0.3) is 0 Å². The monoisotopic (exact) mass is 271 g/mol. The maximum Gasteiger partial charge on any atom is 0.222 e. The smallest absolute Gasteiger partial charge is 0.222 e. The van der Waals surface area contributed by atoms with E-state index in [0.717, 1.165) is 25.9 Å². The number of hydrogen-bond donors (Lipinski definition) is 2. The third-order valence-electron chi connectivity index (χ3n) is 2.90. The van der Waals surface area contributed by atoms with Crippen LogP contribution in [0.25, 0.3) is 0 Å². The number of carbonyl (C=O) groups is 2. The lowest BCUT2D eigenvalue weighted by atomic mass is 10.2. The maximum atomic E-state index is 12.0. The van der Waals surface area contributed by atoms with Crippen molar-refractivity contribution in [1.29, 1.82) is 0 Å². The molecule has 0 rings (SSSR count). The Kier molecular flexibility index (Phi) is 10.2. The number of nitrogens with two attached hydrogens (primary N) is 1. The van der Waals surface area contributed by atoms with Crippen LogP contribution in [0.4, 0.5) is 0 Å². The predicted octanol–water partition coefficient (Wildman–Crippen LogP) is 1.27. The quantitative estimate of drug-likeness (QED) is 0.628. The first-order chi connectivity index (χ1) is 9.04. The number of amides is 2. The van der Waals surface area contributed by atoms with Gasteiger partial charge >= 0.3 is 0 Å². The second-order valence-electron chi connectivity index (χ2n) is 4.94. The van der Waals surface area contributed by atoms with Gasteiger partial charge in [-0.05, 0) is 26.2 Å². The molecule has 0 unspecified atom stereocenters. The van der Waals surface area contributed by atoms with Crippen molar-refractivity contribution in [3.8, 4) is 0 Å². The molecule has 1 atom stereocenters. The number of hydrogen-bond acceptors (Lipinski definition) is 3. The lowest BCUT2D eigenvalue weighted by Crippen LogP contribution is -2.38. The second kappa shape index (κ2) is 10.8. The molecule has 0 bridgehead atoms. The van der Waals surface area contributed by atoms with Crippen molar-refractivity contribution in [2.24, 2.45) is 5.73 Å². The van der Waals surface area contributed by atoms with Crippen LogP contribution < -0.4 is 11.1 Å². The van der Waals surface area contributed by atoms with Crippen molar-refractivity contribution in [3.05, 3.63) is 0 Å². The Morgan fingerprint density at radius 2 is 1.74 bits per heavy atom. The molecule has 0 aliphatic rings. The average Bonchev–Trinajstić information content (AvgIpc) is 2.38. The Hall–Kier alpha value is -1.10. The van der Waals surface area contributed by atoms with Gasteiger partial charge in [0, 0.05) is 38.5 Å².